The molecule has 1 N–H and O–H groups in total. The maximum atomic E-state index is 12.8. The van der Waals surface area contributed by atoms with Crippen LogP contribution in [-0.2, 0) is 11.2 Å². The molecule has 0 atom stereocenters. The van der Waals surface area contributed by atoms with Gasteiger partial charge < -0.3 is 5.11 Å². The Balaban J connectivity index is 1.78. The predicted octanol–water partition coefficient (Wildman–Crippen LogP) is 4.10. The lowest BCUT2D eigenvalue weighted by Crippen LogP contribution is -1.99. The van der Waals surface area contributed by atoms with E-state index in [1.807, 2.05) is 6.92 Å². The van der Waals surface area contributed by atoms with E-state index in [9.17, 15) is 9.18 Å². The van der Waals surface area contributed by atoms with Gasteiger partial charge in [-0.1, -0.05) is 11.8 Å². The van der Waals surface area contributed by atoms with E-state index >= 15 is 0 Å². The van der Waals surface area contributed by atoms with E-state index in [2.05, 4.69) is 4.98 Å². The molecule has 1 heterocycles. The Hall–Kier alpha value is -1.05. The number of thioether (sulfide) groups is 2. The normalized spacial score (nSPS) is 10.8. The number of aromatic nitrogens is 1. The third kappa shape index (κ3) is 5.33. The molecule has 1 aromatic carbocycles. The Bertz CT molecular complexity index is 613. The molecule has 0 aliphatic rings. The number of hydrogen-bond acceptors (Lipinski definition) is 5. The summed E-state index contributed by atoms with van der Waals surface area (Å²) in [4.78, 5) is 16.9. The zero-order valence-corrected chi connectivity index (χ0v) is 13.8. The van der Waals surface area contributed by atoms with Crippen LogP contribution in [0.3, 0.4) is 0 Å². The summed E-state index contributed by atoms with van der Waals surface area (Å²) >= 11 is 4.74. The van der Waals surface area contributed by atoms with Gasteiger partial charge in [0.1, 0.15) is 10.2 Å². The van der Waals surface area contributed by atoms with Crippen LogP contribution in [0.25, 0.3) is 0 Å². The van der Waals surface area contributed by atoms with Crippen molar-refractivity contribution in [3.63, 3.8) is 0 Å². The smallest absolute Gasteiger partial charge is 0.308 e. The largest absolute Gasteiger partial charge is 0.481 e. The summed E-state index contributed by atoms with van der Waals surface area (Å²) in [7, 11) is 0. The average molecular weight is 343 g/mol. The minimum atomic E-state index is -0.829. The lowest BCUT2D eigenvalue weighted by Gasteiger charge is -2.00. The van der Waals surface area contributed by atoms with Gasteiger partial charge in [0.2, 0.25) is 0 Å². The van der Waals surface area contributed by atoms with Crippen molar-refractivity contribution in [1.82, 2.24) is 4.98 Å². The maximum absolute atomic E-state index is 12.8. The molecule has 0 amide bonds. The van der Waals surface area contributed by atoms with Gasteiger partial charge in [0.15, 0.2) is 0 Å². The molecule has 0 unspecified atom stereocenters. The molecule has 0 fully saturated rings. The topological polar surface area (TPSA) is 50.2 Å². The van der Waals surface area contributed by atoms with Gasteiger partial charge in [-0.15, -0.1) is 23.1 Å². The first-order chi connectivity index (χ1) is 10.0. The van der Waals surface area contributed by atoms with Gasteiger partial charge in [-0.25, -0.2) is 9.37 Å². The molecule has 0 saturated carbocycles. The van der Waals surface area contributed by atoms with Crippen molar-refractivity contribution in [2.24, 2.45) is 0 Å². The number of thiazole rings is 1. The van der Waals surface area contributed by atoms with Crippen molar-refractivity contribution in [3.8, 4) is 0 Å². The fourth-order valence-electron chi connectivity index (χ4n) is 1.58. The number of hydrogen-bond donors (Lipinski definition) is 1. The predicted molar refractivity (Wildman–Crippen MR) is 86.0 cm³/mol. The SMILES string of the molecule is Cc1nc(SCCSc2ccc(F)cc2)sc1CC(=O)O. The third-order valence-electron chi connectivity index (χ3n) is 2.58. The van der Waals surface area contributed by atoms with Gasteiger partial charge >= 0.3 is 5.97 Å². The van der Waals surface area contributed by atoms with Crippen LogP contribution in [0.2, 0.25) is 0 Å². The molecule has 0 aliphatic carbocycles. The molecule has 21 heavy (non-hydrogen) atoms. The molecule has 0 radical (unpaired) electrons. The molecule has 7 heteroatoms. The van der Waals surface area contributed by atoms with Crippen LogP contribution < -0.4 is 0 Å². The first-order valence-corrected chi connectivity index (χ1v) is 9.02. The number of nitrogens with zero attached hydrogens (tertiary/aromatic N) is 1. The quantitative estimate of drug-likeness (QED) is 0.606. The van der Waals surface area contributed by atoms with Crippen molar-refractivity contribution in [2.75, 3.05) is 11.5 Å². The highest BCUT2D eigenvalue weighted by Gasteiger charge is 2.11. The fraction of sp³-hybridized carbons (Fsp3) is 0.286. The molecular formula is C14H14FNO2S3. The molecule has 0 spiro atoms. The minimum absolute atomic E-state index is 0.0361. The van der Waals surface area contributed by atoms with Gasteiger partial charge in [-0.3, -0.25) is 4.79 Å². The Morgan fingerprint density at radius 1 is 1.29 bits per heavy atom. The van der Waals surface area contributed by atoms with Gasteiger partial charge in [0.25, 0.3) is 0 Å². The Labute approximate surface area is 135 Å². The molecule has 0 bridgehead atoms. The van der Waals surface area contributed by atoms with Crippen LogP contribution in [0.5, 0.6) is 0 Å². The second kappa shape index (κ2) is 7.82. The Morgan fingerprint density at radius 2 is 1.95 bits per heavy atom. The number of carboxylic acids is 1. The van der Waals surface area contributed by atoms with Crippen LogP contribution >= 0.6 is 34.9 Å². The molecule has 112 valence electrons. The summed E-state index contributed by atoms with van der Waals surface area (Å²) in [5.74, 6) is 0.716. The van der Waals surface area contributed by atoms with Crippen molar-refractivity contribution in [3.05, 3.63) is 40.7 Å². The van der Waals surface area contributed by atoms with Crippen LogP contribution in [0, 0.1) is 12.7 Å². The monoisotopic (exact) mass is 343 g/mol. The fourth-order valence-corrected chi connectivity index (χ4v) is 4.76. The van der Waals surface area contributed by atoms with E-state index in [1.54, 1.807) is 35.7 Å². The molecule has 1 aromatic heterocycles. The number of carboxylic acid groups (broad SMARTS) is 1. The summed E-state index contributed by atoms with van der Waals surface area (Å²) in [5, 5.41) is 8.80. The molecular weight excluding hydrogens is 329 g/mol. The maximum Gasteiger partial charge on any atom is 0.308 e. The number of aliphatic carboxylic acids is 1. The third-order valence-corrected chi connectivity index (χ3v) is 6.15. The highest BCUT2D eigenvalue weighted by Crippen LogP contribution is 2.29. The van der Waals surface area contributed by atoms with Crippen LogP contribution in [0.4, 0.5) is 4.39 Å². The van der Waals surface area contributed by atoms with Crippen molar-refractivity contribution >= 4 is 40.8 Å². The highest BCUT2D eigenvalue weighted by molar-refractivity contribution is 8.03. The van der Waals surface area contributed by atoms with E-state index in [4.69, 9.17) is 5.11 Å². The first kappa shape index (κ1) is 16.3. The van der Waals surface area contributed by atoms with Crippen molar-refractivity contribution in [2.45, 2.75) is 22.6 Å². The highest BCUT2D eigenvalue weighted by atomic mass is 32.2. The molecule has 2 rings (SSSR count). The summed E-state index contributed by atoms with van der Waals surface area (Å²) in [6.45, 7) is 1.84. The number of aryl methyl sites for hydroxylation is 1. The summed E-state index contributed by atoms with van der Waals surface area (Å²) in [6, 6.07) is 6.45. The van der Waals surface area contributed by atoms with Gasteiger partial charge in [0.05, 0.1) is 12.1 Å². The lowest BCUT2D eigenvalue weighted by molar-refractivity contribution is -0.136. The van der Waals surface area contributed by atoms with E-state index in [1.165, 1.54) is 23.5 Å². The van der Waals surface area contributed by atoms with E-state index in [0.717, 1.165) is 31.3 Å². The number of rotatable bonds is 7. The second-order valence-electron chi connectivity index (χ2n) is 4.21. The van der Waals surface area contributed by atoms with Gasteiger partial charge in [0, 0.05) is 21.3 Å². The summed E-state index contributed by atoms with van der Waals surface area (Å²) in [6.07, 6.45) is 0.0361. The molecule has 3 nitrogen and oxygen atoms in total. The van der Waals surface area contributed by atoms with Gasteiger partial charge in [-0.05, 0) is 31.2 Å². The standard InChI is InChI=1S/C14H14FNO2S3/c1-9-12(8-13(17)18)21-14(16-9)20-7-6-19-11-4-2-10(15)3-5-11/h2-5H,6-8H2,1H3,(H,17,18). The average Bonchev–Trinajstić information content (AvgIpc) is 2.76. The van der Waals surface area contributed by atoms with Crippen LogP contribution in [0.15, 0.2) is 33.5 Å². The van der Waals surface area contributed by atoms with E-state index in [0.29, 0.717) is 0 Å². The van der Waals surface area contributed by atoms with Crippen LogP contribution in [0.1, 0.15) is 10.6 Å². The summed E-state index contributed by atoms with van der Waals surface area (Å²) < 4.78 is 13.7. The summed E-state index contributed by atoms with van der Waals surface area (Å²) in [5.41, 5.74) is 0.802. The zero-order chi connectivity index (χ0) is 15.2. The molecule has 0 aliphatic heterocycles. The number of carbonyl (C=O) groups is 1. The van der Waals surface area contributed by atoms with E-state index < -0.39 is 5.97 Å². The lowest BCUT2D eigenvalue weighted by atomic mass is 10.3. The van der Waals surface area contributed by atoms with Crippen LogP contribution in [-0.4, -0.2) is 27.6 Å². The van der Waals surface area contributed by atoms with Crippen molar-refractivity contribution in [1.29, 1.82) is 0 Å². The van der Waals surface area contributed by atoms with Crippen molar-refractivity contribution < 1.29 is 14.3 Å². The molecule has 0 saturated heterocycles. The Kier molecular flexibility index (Phi) is 6.08. The second-order valence-corrected chi connectivity index (χ2v) is 7.80. The Morgan fingerprint density at radius 3 is 2.62 bits per heavy atom. The van der Waals surface area contributed by atoms with E-state index in [-0.39, 0.29) is 12.2 Å². The molecule has 2 aromatic rings. The minimum Gasteiger partial charge on any atom is -0.481 e. The first-order valence-electron chi connectivity index (χ1n) is 6.24. The number of benzene rings is 1. The zero-order valence-electron chi connectivity index (χ0n) is 11.3. The number of halogens is 1. The van der Waals surface area contributed by atoms with Gasteiger partial charge in [-0.2, -0.15) is 0 Å².